The second-order valence-corrected chi connectivity index (χ2v) is 3.31. The maximum atomic E-state index is 10.6. The predicted octanol–water partition coefficient (Wildman–Crippen LogP) is 0.947. The topological polar surface area (TPSA) is 52.6 Å². The van der Waals surface area contributed by atoms with Gasteiger partial charge in [0.1, 0.15) is 0 Å². The SMILES string of the molecule is O=C(CCCCCC(=O)[O][Au])[O][Au]. The average molecular weight is 552 g/mol. The van der Waals surface area contributed by atoms with E-state index in [-0.39, 0.29) is 11.9 Å². The molecule has 0 aliphatic rings. The van der Waals surface area contributed by atoms with Crippen LogP contribution in [0.1, 0.15) is 32.1 Å². The number of carbonyl (C=O) groups is 2. The molecule has 0 aromatic carbocycles. The Bertz CT molecular complexity index is 154. The van der Waals surface area contributed by atoms with Crippen LogP contribution in [0.2, 0.25) is 0 Å². The van der Waals surface area contributed by atoms with E-state index in [1.165, 1.54) is 0 Å². The Labute approximate surface area is 103 Å². The molecule has 0 atom stereocenters. The maximum absolute atomic E-state index is 10.6. The molecular formula is C7H10Au2O4. The molecule has 0 saturated heterocycles. The summed E-state index contributed by atoms with van der Waals surface area (Å²) in [6.45, 7) is 0. The van der Waals surface area contributed by atoms with Crippen LogP contribution in [-0.2, 0) is 59.0 Å². The number of unbranched alkanes of at least 4 members (excludes halogenated alkanes) is 2. The van der Waals surface area contributed by atoms with Crippen LogP contribution in [0.5, 0.6) is 0 Å². The molecule has 84 valence electrons. The van der Waals surface area contributed by atoms with Gasteiger partial charge in [0.25, 0.3) is 0 Å². The van der Waals surface area contributed by atoms with Crippen molar-refractivity contribution in [2.45, 2.75) is 32.1 Å². The minimum absolute atomic E-state index is 0.224. The predicted molar refractivity (Wildman–Crippen MR) is 35.3 cm³/mol. The Kier molecular flexibility index (Phi) is 9.29. The summed E-state index contributed by atoms with van der Waals surface area (Å²) >= 11 is 3.46. The summed E-state index contributed by atoms with van der Waals surface area (Å²) in [7, 11) is 0. The van der Waals surface area contributed by atoms with Crippen molar-refractivity contribution >= 4 is 11.9 Å². The van der Waals surface area contributed by atoms with Gasteiger partial charge in [0.05, 0.1) is 0 Å². The summed E-state index contributed by atoms with van der Waals surface area (Å²) in [5, 5.41) is 0. The Morgan fingerprint density at radius 2 is 1.23 bits per heavy atom. The first-order chi connectivity index (χ1) is 6.20. The second kappa shape index (κ2) is 8.99. The van der Waals surface area contributed by atoms with Crippen LogP contribution in [0.15, 0.2) is 0 Å². The van der Waals surface area contributed by atoms with Crippen LogP contribution in [0.3, 0.4) is 0 Å². The van der Waals surface area contributed by atoms with Crippen molar-refractivity contribution in [1.82, 2.24) is 0 Å². The summed E-state index contributed by atoms with van der Waals surface area (Å²) in [4.78, 5) is 21.3. The molecule has 0 rings (SSSR count). The van der Waals surface area contributed by atoms with Crippen molar-refractivity contribution in [1.29, 1.82) is 0 Å². The quantitative estimate of drug-likeness (QED) is 0.364. The third-order valence-electron chi connectivity index (χ3n) is 1.40. The Morgan fingerprint density at radius 3 is 1.54 bits per heavy atom. The van der Waals surface area contributed by atoms with Crippen molar-refractivity contribution < 1.29 is 59.0 Å². The van der Waals surface area contributed by atoms with Crippen molar-refractivity contribution in [2.75, 3.05) is 0 Å². The van der Waals surface area contributed by atoms with Crippen molar-refractivity contribution in [3.05, 3.63) is 0 Å². The average Bonchev–Trinajstić information content (AvgIpc) is 2.16. The van der Waals surface area contributed by atoms with E-state index in [9.17, 15) is 9.59 Å². The molecule has 0 spiro atoms. The first-order valence-corrected chi connectivity index (χ1v) is 5.54. The van der Waals surface area contributed by atoms with E-state index in [4.69, 9.17) is 0 Å². The minimum atomic E-state index is -0.224. The van der Waals surface area contributed by atoms with Gasteiger partial charge in [-0.05, 0) is 0 Å². The number of hydrogen-bond acceptors (Lipinski definition) is 4. The van der Waals surface area contributed by atoms with E-state index in [0.29, 0.717) is 12.8 Å². The Hall–Kier alpha value is 0.421. The van der Waals surface area contributed by atoms with Gasteiger partial charge in [0, 0.05) is 0 Å². The van der Waals surface area contributed by atoms with E-state index >= 15 is 0 Å². The molecule has 0 fully saturated rings. The van der Waals surface area contributed by atoms with Gasteiger partial charge >= 0.3 is 103 Å². The summed E-state index contributed by atoms with van der Waals surface area (Å²) in [5.74, 6) is -0.447. The normalized spacial score (nSPS) is 9.54. The summed E-state index contributed by atoms with van der Waals surface area (Å²) < 4.78 is 8.82. The van der Waals surface area contributed by atoms with Gasteiger partial charge in [-0.15, -0.1) is 0 Å². The van der Waals surface area contributed by atoms with Crippen LogP contribution in [0.4, 0.5) is 0 Å². The molecule has 0 aromatic rings. The molecule has 0 bridgehead atoms. The van der Waals surface area contributed by atoms with Crippen molar-refractivity contribution in [3.63, 3.8) is 0 Å². The molecule has 0 amide bonds. The fraction of sp³-hybridized carbons (Fsp3) is 0.714. The van der Waals surface area contributed by atoms with Gasteiger partial charge in [-0.1, -0.05) is 0 Å². The molecule has 0 unspecified atom stereocenters. The molecular weight excluding hydrogens is 542 g/mol. The summed E-state index contributed by atoms with van der Waals surface area (Å²) in [6.07, 6.45) is 3.17. The number of hydrogen-bond donors (Lipinski definition) is 0. The van der Waals surface area contributed by atoms with Crippen LogP contribution in [-0.4, -0.2) is 11.9 Å². The van der Waals surface area contributed by atoms with Gasteiger partial charge in [-0.3, -0.25) is 0 Å². The first kappa shape index (κ1) is 13.4. The van der Waals surface area contributed by atoms with E-state index in [1.54, 1.807) is 42.9 Å². The molecule has 0 saturated carbocycles. The standard InChI is InChI=1S/C7H12O4.2Au/c8-6(9)4-2-1-3-5-7(10)11;;/h1-5H2,(H,8,9)(H,10,11);;/q;2*+1/p-2. The van der Waals surface area contributed by atoms with Crippen LogP contribution in [0, 0.1) is 0 Å². The fourth-order valence-corrected chi connectivity index (χ4v) is 1.22. The molecule has 0 aliphatic carbocycles. The van der Waals surface area contributed by atoms with Gasteiger partial charge in [-0.2, -0.15) is 0 Å². The fourth-order valence-electron chi connectivity index (χ4n) is 0.777. The van der Waals surface area contributed by atoms with Crippen LogP contribution >= 0.6 is 0 Å². The summed E-state index contributed by atoms with van der Waals surface area (Å²) in [6, 6.07) is 0. The zero-order chi connectivity index (χ0) is 10.1. The van der Waals surface area contributed by atoms with E-state index < -0.39 is 0 Å². The molecule has 0 aromatic heterocycles. The van der Waals surface area contributed by atoms with Gasteiger partial charge in [0.15, 0.2) is 0 Å². The van der Waals surface area contributed by atoms with Crippen LogP contribution in [0.25, 0.3) is 0 Å². The molecule has 6 heteroatoms. The Balaban J connectivity index is 3.17. The van der Waals surface area contributed by atoms with Gasteiger partial charge in [-0.25, -0.2) is 0 Å². The zero-order valence-electron chi connectivity index (χ0n) is 6.77. The van der Waals surface area contributed by atoms with Crippen molar-refractivity contribution in [3.8, 4) is 0 Å². The number of carbonyl (C=O) groups excluding carboxylic acids is 2. The second-order valence-electron chi connectivity index (χ2n) is 2.43. The molecule has 0 N–H and O–H groups in total. The monoisotopic (exact) mass is 552 g/mol. The molecule has 0 radical (unpaired) electrons. The third kappa shape index (κ3) is 8.74. The molecule has 0 aliphatic heterocycles. The zero-order valence-corrected chi connectivity index (χ0v) is 11.1. The first-order valence-electron chi connectivity index (χ1n) is 3.77. The van der Waals surface area contributed by atoms with Crippen molar-refractivity contribution in [2.24, 2.45) is 0 Å². The van der Waals surface area contributed by atoms with Gasteiger partial charge in [0.2, 0.25) is 0 Å². The summed E-state index contributed by atoms with van der Waals surface area (Å²) in [5.41, 5.74) is 0. The number of rotatable bonds is 6. The molecule has 0 heterocycles. The third-order valence-corrected chi connectivity index (χ3v) is 2.39. The Morgan fingerprint density at radius 1 is 0.846 bits per heavy atom. The van der Waals surface area contributed by atoms with E-state index in [0.717, 1.165) is 19.3 Å². The van der Waals surface area contributed by atoms with E-state index in [2.05, 4.69) is 6.49 Å². The molecule has 4 nitrogen and oxygen atoms in total. The van der Waals surface area contributed by atoms with Crippen LogP contribution < -0.4 is 0 Å². The van der Waals surface area contributed by atoms with E-state index in [1.807, 2.05) is 0 Å². The molecule has 13 heavy (non-hydrogen) atoms. The van der Waals surface area contributed by atoms with Gasteiger partial charge < -0.3 is 0 Å².